The van der Waals surface area contributed by atoms with Gasteiger partial charge in [-0.05, 0) is 44.7 Å². The molecule has 5 heteroatoms. The van der Waals surface area contributed by atoms with E-state index >= 15 is 0 Å². The lowest BCUT2D eigenvalue weighted by atomic mass is 10.0. The molecular formula is C18H20N4O. The molecule has 0 radical (unpaired) electrons. The minimum atomic E-state index is -0.403. The van der Waals surface area contributed by atoms with Crippen molar-refractivity contribution in [1.29, 1.82) is 0 Å². The van der Waals surface area contributed by atoms with E-state index in [0.717, 1.165) is 43.0 Å². The van der Waals surface area contributed by atoms with Crippen molar-refractivity contribution in [3.63, 3.8) is 0 Å². The zero-order valence-corrected chi connectivity index (χ0v) is 13.2. The van der Waals surface area contributed by atoms with Crippen molar-refractivity contribution in [2.75, 3.05) is 11.4 Å². The number of nitrogens with two attached hydrogens (primary N) is 1. The normalized spacial score (nSPS) is 19.3. The number of amides is 1. The predicted molar refractivity (Wildman–Crippen MR) is 89.4 cm³/mol. The number of primary amides is 1. The van der Waals surface area contributed by atoms with Gasteiger partial charge in [0.05, 0.1) is 5.69 Å². The molecule has 0 unspecified atom stereocenters. The first-order valence-corrected chi connectivity index (χ1v) is 8.20. The zero-order valence-electron chi connectivity index (χ0n) is 13.2. The Balaban J connectivity index is 1.79. The fourth-order valence-electron chi connectivity index (χ4n) is 3.39. The third-order valence-corrected chi connectivity index (χ3v) is 4.94. The van der Waals surface area contributed by atoms with E-state index in [1.54, 1.807) is 12.1 Å². The molecule has 4 rings (SSSR count). The highest BCUT2D eigenvalue weighted by atomic mass is 16.1. The maximum absolute atomic E-state index is 11.3. The summed E-state index contributed by atoms with van der Waals surface area (Å²) in [5.41, 5.74) is 10.3. The monoisotopic (exact) mass is 308 g/mol. The summed E-state index contributed by atoms with van der Waals surface area (Å²) in [5.74, 6) is 0.443. The number of rotatable bonds is 3. The second-order valence-corrected chi connectivity index (χ2v) is 6.42. The van der Waals surface area contributed by atoms with Crippen molar-refractivity contribution in [3.05, 3.63) is 41.1 Å². The van der Waals surface area contributed by atoms with Crippen LogP contribution in [0, 0.1) is 0 Å². The van der Waals surface area contributed by atoms with Gasteiger partial charge in [0.1, 0.15) is 0 Å². The summed E-state index contributed by atoms with van der Waals surface area (Å²) >= 11 is 0. The van der Waals surface area contributed by atoms with Gasteiger partial charge in [0.25, 0.3) is 0 Å². The fraction of sp³-hybridized carbons (Fsp3) is 0.389. The Morgan fingerprint density at radius 2 is 2.00 bits per heavy atom. The molecule has 2 aliphatic rings. The molecule has 1 saturated heterocycles. The number of hydrogen-bond acceptors (Lipinski definition) is 4. The van der Waals surface area contributed by atoms with Crippen molar-refractivity contribution in [2.24, 2.45) is 5.73 Å². The number of benzene rings is 1. The number of nitrogens with zero attached hydrogens (tertiary/aromatic N) is 3. The van der Waals surface area contributed by atoms with E-state index in [9.17, 15) is 4.79 Å². The molecule has 1 aliphatic carbocycles. The van der Waals surface area contributed by atoms with E-state index in [2.05, 4.69) is 11.8 Å². The van der Waals surface area contributed by atoms with Crippen molar-refractivity contribution >= 4 is 11.9 Å². The number of hydrogen-bond donors (Lipinski definition) is 1. The molecule has 0 saturated carbocycles. The second kappa shape index (κ2) is 5.33. The molecule has 0 bridgehead atoms. The topological polar surface area (TPSA) is 72.1 Å². The van der Waals surface area contributed by atoms with Crippen LogP contribution >= 0.6 is 0 Å². The van der Waals surface area contributed by atoms with E-state index in [1.165, 1.54) is 17.7 Å². The number of fused-ring (bicyclic) bond motifs is 1. The molecule has 0 spiro atoms. The standard InChI is InChI=1S/C18H20N4O/c1-11-9-10-22(11)18-20-15-4-2-3-14(15)16(21-18)12-5-7-13(8-6-12)17(19)23/h5-8,11H,2-4,9-10H2,1H3,(H2,19,23)/t11-/m0/s1. The van der Waals surface area contributed by atoms with Crippen LogP contribution in [0.15, 0.2) is 24.3 Å². The quantitative estimate of drug-likeness (QED) is 0.944. The first-order chi connectivity index (χ1) is 11.1. The molecule has 2 aromatic rings. The number of aromatic nitrogens is 2. The molecule has 2 N–H and O–H groups in total. The Hall–Kier alpha value is -2.43. The molecule has 1 fully saturated rings. The Bertz CT molecular complexity index is 769. The summed E-state index contributed by atoms with van der Waals surface area (Å²) in [4.78, 5) is 23.2. The highest BCUT2D eigenvalue weighted by molar-refractivity contribution is 5.93. The van der Waals surface area contributed by atoms with Crippen LogP contribution in [-0.4, -0.2) is 28.5 Å². The lowest BCUT2D eigenvalue weighted by molar-refractivity contribution is 0.100. The van der Waals surface area contributed by atoms with E-state index in [4.69, 9.17) is 15.7 Å². The fourth-order valence-corrected chi connectivity index (χ4v) is 3.39. The molecule has 2 heterocycles. The summed E-state index contributed by atoms with van der Waals surface area (Å²) in [6, 6.07) is 7.92. The minimum absolute atomic E-state index is 0.403. The Labute approximate surface area is 135 Å². The molecular weight excluding hydrogens is 288 g/mol. The Morgan fingerprint density at radius 1 is 1.22 bits per heavy atom. The third-order valence-electron chi connectivity index (χ3n) is 4.94. The van der Waals surface area contributed by atoms with Crippen LogP contribution in [0.2, 0.25) is 0 Å². The average molecular weight is 308 g/mol. The minimum Gasteiger partial charge on any atom is -0.366 e. The molecule has 5 nitrogen and oxygen atoms in total. The molecule has 23 heavy (non-hydrogen) atoms. The number of anilines is 1. The van der Waals surface area contributed by atoms with Crippen molar-refractivity contribution in [3.8, 4) is 11.3 Å². The average Bonchev–Trinajstić information content (AvgIpc) is 3.01. The molecule has 118 valence electrons. The zero-order chi connectivity index (χ0) is 16.0. The van der Waals surface area contributed by atoms with Crippen LogP contribution in [0.4, 0.5) is 5.95 Å². The van der Waals surface area contributed by atoms with E-state index in [-0.39, 0.29) is 0 Å². The third kappa shape index (κ3) is 2.36. The largest absolute Gasteiger partial charge is 0.366 e. The van der Waals surface area contributed by atoms with Crippen LogP contribution in [0.25, 0.3) is 11.3 Å². The van der Waals surface area contributed by atoms with Gasteiger partial charge in [0.15, 0.2) is 0 Å². The van der Waals surface area contributed by atoms with Crippen LogP contribution in [0.5, 0.6) is 0 Å². The first kappa shape index (κ1) is 14.2. The summed E-state index contributed by atoms with van der Waals surface area (Å²) < 4.78 is 0. The van der Waals surface area contributed by atoms with Gasteiger partial charge in [0.2, 0.25) is 11.9 Å². The first-order valence-electron chi connectivity index (χ1n) is 8.20. The summed E-state index contributed by atoms with van der Waals surface area (Å²) in [6.07, 6.45) is 4.38. The van der Waals surface area contributed by atoms with Gasteiger partial charge >= 0.3 is 0 Å². The maximum Gasteiger partial charge on any atom is 0.248 e. The number of carbonyl (C=O) groups is 1. The van der Waals surface area contributed by atoms with Gasteiger partial charge in [-0.2, -0.15) is 0 Å². The van der Waals surface area contributed by atoms with Crippen LogP contribution in [-0.2, 0) is 12.8 Å². The molecule has 1 aromatic carbocycles. The Kier molecular flexibility index (Phi) is 3.29. The van der Waals surface area contributed by atoms with Gasteiger partial charge in [-0.1, -0.05) is 12.1 Å². The number of aryl methyl sites for hydroxylation is 1. The summed E-state index contributed by atoms with van der Waals surface area (Å²) in [7, 11) is 0. The van der Waals surface area contributed by atoms with E-state index < -0.39 is 5.91 Å². The smallest absolute Gasteiger partial charge is 0.248 e. The molecule has 1 aromatic heterocycles. The highest BCUT2D eigenvalue weighted by Gasteiger charge is 2.29. The van der Waals surface area contributed by atoms with Gasteiger partial charge in [0, 0.05) is 35.0 Å². The predicted octanol–water partition coefficient (Wildman–Crippen LogP) is 2.33. The molecule has 1 amide bonds. The Morgan fingerprint density at radius 3 is 2.61 bits per heavy atom. The van der Waals surface area contributed by atoms with Crippen molar-refractivity contribution in [1.82, 2.24) is 9.97 Å². The SMILES string of the molecule is C[C@H]1CCN1c1nc2c(c(-c3ccc(C(N)=O)cc3)n1)CCC2. The van der Waals surface area contributed by atoms with E-state index in [0.29, 0.717) is 11.6 Å². The maximum atomic E-state index is 11.3. The number of carbonyl (C=O) groups excluding carboxylic acids is 1. The van der Waals surface area contributed by atoms with Crippen molar-refractivity contribution < 1.29 is 4.79 Å². The lowest BCUT2D eigenvalue weighted by Gasteiger charge is -2.39. The van der Waals surface area contributed by atoms with Crippen LogP contribution in [0.3, 0.4) is 0 Å². The van der Waals surface area contributed by atoms with Gasteiger partial charge in [-0.25, -0.2) is 9.97 Å². The van der Waals surface area contributed by atoms with Crippen LogP contribution < -0.4 is 10.6 Å². The summed E-state index contributed by atoms with van der Waals surface area (Å²) in [5, 5.41) is 0. The highest BCUT2D eigenvalue weighted by Crippen LogP contribution is 2.33. The van der Waals surface area contributed by atoms with E-state index in [1.807, 2.05) is 12.1 Å². The molecule has 1 atom stereocenters. The van der Waals surface area contributed by atoms with Crippen molar-refractivity contribution in [2.45, 2.75) is 38.6 Å². The molecule has 1 aliphatic heterocycles. The van der Waals surface area contributed by atoms with Gasteiger partial charge in [-0.15, -0.1) is 0 Å². The summed E-state index contributed by atoms with van der Waals surface area (Å²) in [6.45, 7) is 3.24. The lowest BCUT2D eigenvalue weighted by Crippen LogP contribution is -2.46. The van der Waals surface area contributed by atoms with Gasteiger partial charge < -0.3 is 10.6 Å². The second-order valence-electron chi connectivity index (χ2n) is 6.42. The van der Waals surface area contributed by atoms with Crippen LogP contribution in [0.1, 0.15) is 41.4 Å². The van der Waals surface area contributed by atoms with Gasteiger partial charge in [-0.3, -0.25) is 4.79 Å².